The number of nitrogens with zero attached hydrogens (tertiary/aromatic N) is 2. The SMILES string of the molecule is CCN(CCN1CCCC1)S(=O)(=O)c1ccccc1Br. The summed E-state index contributed by atoms with van der Waals surface area (Å²) in [6, 6.07) is 6.99. The Kier molecular flexibility index (Phi) is 5.60. The molecule has 0 amide bonds. The standard InChI is InChI=1S/C14H21BrN2O2S/c1-2-17(12-11-16-9-5-6-10-16)20(18,19)14-8-4-3-7-13(14)15/h3-4,7-8H,2,5-6,9-12H2,1H3. The summed E-state index contributed by atoms with van der Waals surface area (Å²) >= 11 is 3.33. The van der Waals surface area contributed by atoms with E-state index in [2.05, 4.69) is 20.8 Å². The predicted molar refractivity (Wildman–Crippen MR) is 84.2 cm³/mol. The molecule has 1 fully saturated rings. The van der Waals surface area contributed by atoms with Crippen molar-refractivity contribution in [2.45, 2.75) is 24.7 Å². The van der Waals surface area contributed by atoms with Gasteiger partial charge < -0.3 is 4.90 Å². The van der Waals surface area contributed by atoms with Gasteiger partial charge in [0.05, 0.1) is 4.90 Å². The second kappa shape index (κ2) is 7.02. The third kappa shape index (κ3) is 3.61. The van der Waals surface area contributed by atoms with Crippen LogP contribution in [0.15, 0.2) is 33.6 Å². The first-order chi connectivity index (χ1) is 9.55. The lowest BCUT2D eigenvalue weighted by molar-refractivity contribution is 0.299. The fourth-order valence-corrected chi connectivity index (χ4v) is 4.90. The fourth-order valence-electron chi connectivity index (χ4n) is 2.50. The van der Waals surface area contributed by atoms with Crippen molar-refractivity contribution in [1.29, 1.82) is 0 Å². The zero-order chi connectivity index (χ0) is 14.6. The summed E-state index contributed by atoms with van der Waals surface area (Å²) in [6.07, 6.45) is 2.45. The Morgan fingerprint density at radius 3 is 2.50 bits per heavy atom. The Balaban J connectivity index is 2.11. The van der Waals surface area contributed by atoms with Crippen LogP contribution in [0, 0.1) is 0 Å². The van der Waals surface area contributed by atoms with Crippen molar-refractivity contribution in [3.63, 3.8) is 0 Å². The summed E-state index contributed by atoms with van der Waals surface area (Å²) in [5, 5.41) is 0. The molecule has 1 aromatic carbocycles. The van der Waals surface area contributed by atoms with E-state index >= 15 is 0 Å². The molecule has 0 radical (unpaired) electrons. The van der Waals surface area contributed by atoms with E-state index in [9.17, 15) is 8.42 Å². The molecule has 1 heterocycles. The second-order valence-corrected chi connectivity index (χ2v) is 7.74. The molecule has 0 atom stereocenters. The fraction of sp³-hybridized carbons (Fsp3) is 0.571. The zero-order valence-corrected chi connectivity index (χ0v) is 14.2. The van der Waals surface area contributed by atoms with E-state index in [0.29, 0.717) is 22.5 Å². The summed E-state index contributed by atoms with van der Waals surface area (Å²) in [7, 11) is -3.41. The Labute approximate surface area is 129 Å². The number of halogens is 1. The third-order valence-electron chi connectivity index (χ3n) is 3.67. The molecule has 1 aliphatic rings. The van der Waals surface area contributed by atoms with E-state index in [1.807, 2.05) is 13.0 Å². The molecule has 6 heteroatoms. The van der Waals surface area contributed by atoms with Gasteiger partial charge in [-0.15, -0.1) is 0 Å². The molecule has 4 nitrogen and oxygen atoms in total. The molecule has 0 aliphatic carbocycles. The van der Waals surface area contributed by atoms with E-state index in [1.165, 1.54) is 12.8 Å². The number of sulfonamides is 1. The summed E-state index contributed by atoms with van der Waals surface area (Å²) in [5.74, 6) is 0. The Morgan fingerprint density at radius 1 is 1.25 bits per heavy atom. The minimum Gasteiger partial charge on any atom is -0.302 e. The summed E-state index contributed by atoms with van der Waals surface area (Å²) in [6.45, 7) is 5.94. The molecule has 0 bridgehead atoms. The summed E-state index contributed by atoms with van der Waals surface area (Å²) in [5.41, 5.74) is 0. The minimum absolute atomic E-state index is 0.350. The lowest BCUT2D eigenvalue weighted by Crippen LogP contribution is -2.37. The minimum atomic E-state index is -3.41. The molecule has 1 saturated heterocycles. The highest BCUT2D eigenvalue weighted by Crippen LogP contribution is 2.24. The summed E-state index contributed by atoms with van der Waals surface area (Å²) in [4.78, 5) is 2.68. The molecule has 0 spiro atoms. The number of benzene rings is 1. The first kappa shape index (κ1) is 15.9. The van der Waals surface area contributed by atoms with Crippen molar-refractivity contribution in [3.05, 3.63) is 28.7 Å². The second-order valence-electron chi connectivity index (χ2n) is 4.98. The van der Waals surface area contributed by atoms with E-state index in [4.69, 9.17) is 0 Å². The van der Waals surface area contributed by atoms with E-state index in [-0.39, 0.29) is 0 Å². The normalized spacial score (nSPS) is 16.9. The van der Waals surface area contributed by atoms with Crippen LogP contribution in [0.4, 0.5) is 0 Å². The molecular weight excluding hydrogens is 340 g/mol. The van der Waals surface area contributed by atoms with Gasteiger partial charge in [0.15, 0.2) is 0 Å². The molecule has 0 N–H and O–H groups in total. The molecular formula is C14H21BrN2O2S. The third-order valence-corrected chi connectivity index (χ3v) is 6.66. The van der Waals surface area contributed by atoms with Crippen molar-refractivity contribution < 1.29 is 8.42 Å². The molecule has 2 rings (SSSR count). The maximum absolute atomic E-state index is 12.7. The molecule has 20 heavy (non-hydrogen) atoms. The highest BCUT2D eigenvalue weighted by Gasteiger charge is 2.25. The Morgan fingerprint density at radius 2 is 1.90 bits per heavy atom. The van der Waals surface area contributed by atoms with Gasteiger partial charge >= 0.3 is 0 Å². The quantitative estimate of drug-likeness (QED) is 0.782. The van der Waals surface area contributed by atoms with Gasteiger partial charge in [0.2, 0.25) is 10.0 Å². The van der Waals surface area contributed by atoms with Crippen molar-refractivity contribution in [2.24, 2.45) is 0 Å². The predicted octanol–water partition coefficient (Wildman–Crippen LogP) is 2.56. The molecule has 0 saturated carbocycles. The van der Waals surface area contributed by atoms with Gasteiger partial charge in [-0.05, 0) is 54.0 Å². The van der Waals surface area contributed by atoms with Crippen LogP contribution < -0.4 is 0 Å². The maximum atomic E-state index is 12.7. The van der Waals surface area contributed by atoms with Gasteiger partial charge in [0.1, 0.15) is 0 Å². The first-order valence-corrected chi connectivity index (χ1v) is 9.26. The zero-order valence-electron chi connectivity index (χ0n) is 11.8. The molecule has 112 valence electrons. The highest BCUT2D eigenvalue weighted by atomic mass is 79.9. The number of likely N-dealkylation sites (N-methyl/N-ethyl adjacent to an activating group) is 1. The van der Waals surface area contributed by atoms with Crippen LogP contribution in [0.3, 0.4) is 0 Å². The van der Waals surface area contributed by atoms with Crippen molar-refractivity contribution in [3.8, 4) is 0 Å². The van der Waals surface area contributed by atoms with E-state index < -0.39 is 10.0 Å². The molecule has 0 aromatic heterocycles. The van der Waals surface area contributed by atoms with Gasteiger partial charge in [-0.2, -0.15) is 4.31 Å². The largest absolute Gasteiger partial charge is 0.302 e. The van der Waals surface area contributed by atoms with Crippen LogP contribution >= 0.6 is 15.9 Å². The van der Waals surface area contributed by atoms with Crippen LogP contribution in [-0.4, -0.2) is 50.3 Å². The lowest BCUT2D eigenvalue weighted by Gasteiger charge is -2.24. The van der Waals surface area contributed by atoms with E-state index in [0.717, 1.165) is 19.6 Å². The number of likely N-dealkylation sites (tertiary alicyclic amines) is 1. The molecule has 1 aromatic rings. The van der Waals surface area contributed by atoms with Crippen LogP contribution in [0.1, 0.15) is 19.8 Å². The number of hydrogen-bond acceptors (Lipinski definition) is 3. The molecule has 1 aliphatic heterocycles. The van der Waals surface area contributed by atoms with Gasteiger partial charge in [-0.3, -0.25) is 0 Å². The van der Waals surface area contributed by atoms with Crippen LogP contribution in [0.2, 0.25) is 0 Å². The van der Waals surface area contributed by atoms with Gasteiger partial charge in [-0.1, -0.05) is 19.1 Å². The maximum Gasteiger partial charge on any atom is 0.244 e. The van der Waals surface area contributed by atoms with Crippen LogP contribution in [-0.2, 0) is 10.0 Å². The topological polar surface area (TPSA) is 40.6 Å². The number of rotatable bonds is 6. The first-order valence-electron chi connectivity index (χ1n) is 7.02. The van der Waals surface area contributed by atoms with Crippen LogP contribution in [0.25, 0.3) is 0 Å². The Bertz CT molecular complexity index is 542. The van der Waals surface area contributed by atoms with Crippen molar-refractivity contribution >= 4 is 26.0 Å². The number of hydrogen-bond donors (Lipinski definition) is 0. The van der Waals surface area contributed by atoms with Gasteiger partial charge in [0.25, 0.3) is 0 Å². The van der Waals surface area contributed by atoms with Crippen LogP contribution in [0.5, 0.6) is 0 Å². The summed E-state index contributed by atoms with van der Waals surface area (Å²) < 4.78 is 27.5. The highest BCUT2D eigenvalue weighted by molar-refractivity contribution is 9.10. The molecule has 0 unspecified atom stereocenters. The smallest absolute Gasteiger partial charge is 0.244 e. The average Bonchev–Trinajstić information content (AvgIpc) is 2.92. The lowest BCUT2D eigenvalue weighted by atomic mass is 10.4. The van der Waals surface area contributed by atoms with E-state index in [1.54, 1.807) is 22.5 Å². The van der Waals surface area contributed by atoms with Gasteiger partial charge in [0, 0.05) is 24.1 Å². The van der Waals surface area contributed by atoms with Crippen molar-refractivity contribution in [1.82, 2.24) is 9.21 Å². The van der Waals surface area contributed by atoms with Crippen molar-refractivity contribution in [2.75, 3.05) is 32.7 Å². The monoisotopic (exact) mass is 360 g/mol. The Hall–Kier alpha value is -0.430. The average molecular weight is 361 g/mol. The van der Waals surface area contributed by atoms with Gasteiger partial charge in [-0.25, -0.2) is 8.42 Å².